The highest BCUT2D eigenvalue weighted by Crippen LogP contribution is 2.24. The number of amides is 2. The van der Waals surface area contributed by atoms with E-state index in [-0.39, 0.29) is 17.7 Å². The maximum atomic E-state index is 12.4. The molecule has 0 saturated carbocycles. The number of rotatable bonds is 2. The quantitative estimate of drug-likeness (QED) is 0.872. The molecule has 0 spiro atoms. The summed E-state index contributed by atoms with van der Waals surface area (Å²) in [6, 6.07) is 2.70. The zero-order chi connectivity index (χ0) is 14.2. The smallest absolute Gasteiger partial charge is 0.250 e. The zero-order valence-corrected chi connectivity index (χ0v) is 11.7. The third-order valence-electron chi connectivity index (χ3n) is 3.32. The van der Waals surface area contributed by atoms with Crippen LogP contribution in [0.4, 0.5) is 5.69 Å². The van der Waals surface area contributed by atoms with Crippen LogP contribution in [-0.4, -0.2) is 28.9 Å². The highest BCUT2D eigenvalue weighted by molar-refractivity contribution is 6.08. The molecule has 2 amide bonds. The minimum Gasteiger partial charge on any atom is -0.343 e. The van der Waals surface area contributed by atoms with Crippen LogP contribution < -0.4 is 10.2 Å². The predicted molar refractivity (Wildman–Crippen MR) is 72.7 cm³/mol. The van der Waals surface area contributed by atoms with E-state index in [4.69, 9.17) is 0 Å². The molecule has 1 aliphatic heterocycles. The third-order valence-corrected chi connectivity index (χ3v) is 3.32. The summed E-state index contributed by atoms with van der Waals surface area (Å²) >= 11 is 0. The number of pyridine rings is 1. The Morgan fingerprint density at radius 3 is 2.53 bits per heavy atom. The SMILES string of the molecule is Cc1ccc(N2C(=O)C(C)NC(=O)C2C(C)C)cn1. The van der Waals surface area contributed by atoms with Gasteiger partial charge in [0.1, 0.15) is 12.1 Å². The van der Waals surface area contributed by atoms with Gasteiger partial charge in [-0.1, -0.05) is 13.8 Å². The minimum absolute atomic E-state index is 0.0396. The second-order valence-electron chi connectivity index (χ2n) is 5.29. The number of aromatic nitrogens is 1. The van der Waals surface area contributed by atoms with Gasteiger partial charge in [-0.2, -0.15) is 0 Å². The van der Waals surface area contributed by atoms with E-state index in [0.717, 1.165) is 5.69 Å². The molecule has 1 saturated heterocycles. The Morgan fingerprint density at radius 1 is 1.32 bits per heavy atom. The van der Waals surface area contributed by atoms with Crippen LogP contribution in [-0.2, 0) is 9.59 Å². The summed E-state index contributed by atoms with van der Waals surface area (Å²) in [4.78, 5) is 30.2. The first-order valence-corrected chi connectivity index (χ1v) is 6.48. The van der Waals surface area contributed by atoms with E-state index in [1.54, 1.807) is 18.0 Å². The van der Waals surface area contributed by atoms with Crippen molar-refractivity contribution < 1.29 is 9.59 Å². The molecule has 1 N–H and O–H groups in total. The van der Waals surface area contributed by atoms with Gasteiger partial charge in [0.25, 0.3) is 0 Å². The number of hydrogen-bond acceptors (Lipinski definition) is 3. The van der Waals surface area contributed by atoms with Crippen LogP contribution in [0.15, 0.2) is 18.3 Å². The summed E-state index contributed by atoms with van der Waals surface area (Å²) in [6.07, 6.45) is 1.65. The Morgan fingerprint density at radius 2 is 2.00 bits per heavy atom. The lowest BCUT2D eigenvalue weighted by Gasteiger charge is -2.39. The molecule has 102 valence electrons. The summed E-state index contributed by atoms with van der Waals surface area (Å²) in [5, 5.41) is 2.72. The van der Waals surface area contributed by atoms with Gasteiger partial charge in [-0.25, -0.2) is 0 Å². The van der Waals surface area contributed by atoms with Crippen LogP contribution in [0.1, 0.15) is 26.5 Å². The fourth-order valence-electron chi connectivity index (χ4n) is 2.31. The van der Waals surface area contributed by atoms with E-state index in [1.807, 2.05) is 32.9 Å². The molecule has 0 radical (unpaired) electrons. The lowest BCUT2D eigenvalue weighted by molar-refractivity contribution is -0.134. The fourth-order valence-corrected chi connectivity index (χ4v) is 2.31. The van der Waals surface area contributed by atoms with E-state index >= 15 is 0 Å². The summed E-state index contributed by atoms with van der Waals surface area (Å²) < 4.78 is 0. The van der Waals surface area contributed by atoms with Crippen LogP contribution in [0, 0.1) is 12.8 Å². The topological polar surface area (TPSA) is 62.3 Å². The van der Waals surface area contributed by atoms with Crippen molar-refractivity contribution in [3.63, 3.8) is 0 Å². The van der Waals surface area contributed by atoms with Crippen molar-refractivity contribution in [3.8, 4) is 0 Å². The molecule has 1 fully saturated rings. The number of piperazine rings is 1. The summed E-state index contributed by atoms with van der Waals surface area (Å²) in [7, 11) is 0. The molecule has 0 aliphatic carbocycles. The molecule has 5 nitrogen and oxygen atoms in total. The highest BCUT2D eigenvalue weighted by Gasteiger charge is 2.41. The number of carbonyl (C=O) groups excluding carboxylic acids is 2. The molecule has 0 aromatic carbocycles. The van der Waals surface area contributed by atoms with Crippen molar-refractivity contribution in [2.45, 2.75) is 39.8 Å². The molecule has 2 unspecified atom stereocenters. The fraction of sp³-hybridized carbons (Fsp3) is 0.500. The van der Waals surface area contributed by atoms with Gasteiger partial charge in [0.2, 0.25) is 11.8 Å². The Hall–Kier alpha value is -1.91. The molecule has 2 rings (SSSR count). The van der Waals surface area contributed by atoms with Crippen molar-refractivity contribution in [1.29, 1.82) is 0 Å². The maximum absolute atomic E-state index is 12.4. The van der Waals surface area contributed by atoms with E-state index in [1.165, 1.54) is 0 Å². The average Bonchev–Trinajstić information content (AvgIpc) is 2.34. The molecule has 0 bridgehead atoms. The molecular formula is C14H19N3O2. The second-order valence-corrected chi connectivity index (χ2v) is 5.29. The van der Waals surface area contributed by atoms with Gasteiger partial charge in [-0.05, 0) is 31.9 Å². The van der Waals surface area contributed by atoms with Gasteiger partial charge in [-0.15, -0.1) is 0 Å². The van der Waals surface area contributed by atoms with Crippen molar-refractivity contribution in [1.82, 2.24) is 10.3 Å². The Labute approximate surface area is 113 Å². The second kappa shape index (κ2) is 4.99. The van der Waals surface area contributed by atoms with E-state index < -0.39 is 12.1 Å². The van der Waals surface area contributed by atoms with Crippen LogP contribution in [0.5, 0.6) is 0 Å². The van der Waals surface area contributed by atoms with E-state index in [9.17, 15) is 9.59 Å². The van der Waals surface area contributed by atoms with Gasteiger partial charge < -0.3 is 5.32 Å². The number of carbonyl (C=O) groups is 2. The summed E-state index contributed by atoms with van der Waals surface area (Å²) in [6.45, 7) is 7.45. The highest BCUT2D eigenvalue weighted by atomic mass is 16.2. The van der Waals surface area contributed by atoms with Crippen LogP contribution in [0.3, 0.4) is 0 Å². The van der Waals surface area contributed by atoms with Gasteiger partial charge in [0.05, 0.1) is 11.9 Å². The maximum Gasteiger partial charge on any atom is 0.250 e. The first kappa shape index (κ1) is 13.5. The molecule has 1 aromatic rings. The Kier molecular flexibility index (Phi) is 3.55. The van der Waals surface area contributed by atoms with Gasteiger partial charge in [0.15, 0.2) is 0 Å². The van der Waals surface area contributed by atoms with Crippen LogP contribution in [0.2, 0.25) is 0 Å². The van der Waals surface area contributed by atoms with E-state index in [2.05, 4.69) is 10.3 Å². The molecule has 1 aromatic heterocycles. The average molecular weight is 261 g/mol. The molecular weight excluding hydrogens is 242 g/mol. The predicted octanol–water partition coefficient (Wildman–Crippen LogP) is 1.27. The van der Waals surface area contributed by atoms with Crippen molar-refractivity contribution in [2.24, 2.45) is 5.92 Å². The van der Waals surface area contributed by atoms with Crippen molar-refractivity contribution >= 4 is 17.5 Å². The van der Waals surface area contributed by atoms with E-state index in [0.29, 0.717) is 5.69 Å². The van der Waals surface area contributed by atoms with Crippen LogP contribution in [0.25, 0.3) is 0 Å². The molecule has 2 atom stereocenters. The number of hydrogen-bond donors (Lipinski definition) is 1. The lowest BCUT2D eigenvalue weighted by atomic mass is 9.97. The van der Waals surface area contributed by atoms with Gasteiger partial charge >= 0.3 is 0 Å². The van der Waals surface area contributed by atoms with Gasteiger partial charge in [-0.3, -0.25) is 19.5 Å². The van der Waals surface area contributed by atoms with Gasteiger partial charge in [0, 0.05) is 5.69 Å². The van der Waals surface area contributed by atoms with Crippen molar-refractivity contribution in [2.75, 3.05) is 4.90 Å². The molecule has 5 heteroatoms. The first-order chi connectivity index (χ1) is 8.91. The monoisotopic (exact) mass is 261 g/mol. The lowest BCUT2D eigenvalue weighted by Crippen LogP contribution is -2.64. The summed E-state index contributed by atoms with van der Waals surface area (Å²) in [5.41, 5.74) is 1.56. The largest absolute Gasteiger partial charge is 0.343 e. The minimum atomic E-state index is -0.496. The summed E-state index contributed by atoms with van der Waals surface area (Å²) in [5.74, 6) is -0.163. The van der Waals surface area contributed by atoms with Crippen LogP contribution >= 0.6 is 0 Å². The number of anilines is 1. The third kappa shape index (κ3) is 2.45. The van der Waals surface area contributed by atoms with Crippen molar-refractivity contribution in [3.05, 3.63) is 24.0 Å². The molecule has 2 heterocycles. The number of nitrogens with zero attached hydrogens (tertiary/aromatic N) is 2. The zero-order valence-electron chi connectivity index (χ0n) is 11.7. The normalized spacial score (nSPS) is 23.7. The Bertz CT molecular complexity index is 496. The first-order valence-electron chi connectivity index (χ1n) is 6.48. The molecule has 1 aliphatic rings. The molecule has 19 heavy (non-hydrogen) atoms. The number of aryl methyl sites for hydroxylation is 1. The number of nitrogens with one attached hydrogen (secondary N) is 1. The Balaban J connectivity index is 2.44. The standard InChI is InChI=1S/C14H19N3O2/c1-8(2)12-13(18)16-10(4)14(19)17(12)11-6-5-9(3)15-7-11/h5-8,10,12H,1-4H3,(H,16,18).